The van der Waals surface area contributed by atoms with Crippen molar-refractivity contribution in [1.82, 2.24) is 0 Å². The van der Waals surface area contributed by atoms with Crippen LogP contribution in [0.15, 0.2) is 188 Å². The normalized spacial score (nSPS) is 16.2. The summed E-state index contributed by atoms with van der Waals surface area (Å²) in [5.41, 5.74) is 11.4. The third-order valence-electron chi connectivity index (χ3n) is 12.9. The number of rotatable bonds is 3. The molecule has 1 aromatic heterocycles. The van der Waals surface area contributed by atoms with E-state index in [1.807, 2.05) is 11.3 Å². The Morgan fingerprint density at radius 3 is 1.95 bits per heavy atom. The first-order chi connectivity index (χ1) is 27.5. The molecule has 0 fully saturated rings. The van der Waals surface area contributed by atoms with Crippen LogP contribution in [-0.2, 0) is 5.41 Å². The lowest BCUT2D eigenvalue weighted by molar-refractivity contribution is 0.754. The highest BCUT2D eigenvalue weighted by Crippen LogP contribution is 2.56. The predicted octanol–water partition coefficient (Wildman–Crippen LogP) is 13.3. The van der Waals surface area contributed by atoms with Crippen molar-refractivity contribution in [3.05, 3.63) is 210 Å². The van der Waals surface area contributed by atoms with Gasteiger partial charge in [0.2, 0.25) is 0 Å². The zero-order valence-corrected chi connectivity index (χ0v) is 33.1. The second-order valence-corrected chi connectivity index (χ2v) is 21.4. The Kier molecular flexibility index (Phi) is 6.65. The summed E-state index contributed by atoms with van der Waals surface area (Å²) >= 11 is 1.88. The fraction of sp³-hybridized carbons (Fsp3) is 0.0566. The standard InChI is InChI=1S/C53H37NSSi/c1-56(2)50-27-10-8-23-44(50)53(43-22-7-5-19-39(43)42-21-11-16-35-17-12-24-46(53)52(35)42)45-31-29-37(33-51(45)56)54(47-25-13-15-34-14-3-4-18-38(34)47)36-28-30-41-40-20-6-9-26-48(40)55-49(41)32-36/h3-33H,1-2H3. The van der Waals surface area contributed by atoms with Gasteiger partial charge >= 0.3 is 0 Å². The average Bonchev–Trinajstić information content (AvgIpc) is 3.62. The van der Waals surface area contributed by atoms with E-state index < -0.39 is 13.5 Å². The Labute approximate surface area is 331 Å². The van der Waals surface area contributed by atoms with Crippen LogP contribution in [-0.4, -0.2) is 8.07 Å². The maximum absolute atomic E-state index is 2.58. The molecule has 1 unspecified atom stereocenters. The lowest BCUT2D eigenvalue weighted by Gasteiger charge is -2.50. The minimum Gasteiger partial charge on any atom is -0.310 e. The highest BCUT2D eigenvalue weighted by Gasteiger charge is 2.52. The fourth-order valence-corrected chi connectivity index (χ4v) is 14.8. The Morgan fingerprint density at radius 1 is 0.429 bits per heavy atom. The molecule has 12 rings (SSSR count). The number of thiophene rings is 1. The SMILES string of the molecule is C[Si]1(C)c2ccccc2C2(c3ccccc3-c3cccc4cccc2c34)c2ccc(N(c3ccc4c(c3)sc3ccccc34)c3cccc4ccccc34)cc21. The van der Waals surface area contributed by atoms with Crippen molar-refractivity contribution in [3.63, 3.8) is 0 Å². The first kappa shape index (κ1) is 32.0. The van der Waals surface area contributed by atoms with E-state index in [9.17, 15) is 0 Å². The van der Waals surface area contributed by atoms with Crippen LogP contribution in [0.4, 0.5) is 17.1 Å². The summed E-state index contributed by atoms with van der Waals surface area (Å²) in [6.45, 7) is 5.13. The van der Waals surface area contributed by atoms with Gasteiger partial charge in [-0.2, -0.15) is 0 Å². The van der Waals surface area contributed by atoms with Gasteiger partial charge in [-0.05, 0) is 96.3 Å². The molecule has 1 atom stereocenters. The summed E-state index contributed by atoms with van der Waals surface area (Å²) in [6.07, 6.45) is 0. The molecule has 0 N–H and O–H groups in total. The first-order valence-electron chi connectivity index (χ1n) is 19.6. The van der Waals surface area contributed by atoms with Gasteiger partial charge in [0.05, 0.1) is 11.1 Å². The third kappa shape index (κ3) is 4.19. The number of anilines is 3. The fourth-order valence-electron chi connectivity index (χ4n) is 10.5. The Bertz CT molecular complexity index is 3250. The van der Waals surface area contributed by atoms with Crippen molar-refractivity contribution < 1.29 is 0 Å². The van der Waals surface area contributed by atoms with Crippen molar-refractivity contribution in [2.45, 2.75) is 18.5 Å². The molecular weight excluding hydrogens is 711 g/mol. The number of hydrogen-bond donors (Lipinski definition) is 0. The maximum Gasteiger partial charge on any atom is 0.113 e. The van der Waals surface area contributed by atoms with Gasteiger partial charge in [-0.1, -0.05) is 165 Å². The number of hydrogen-bond acceptors (Lipinski definition) is 2. The van der Waals surface area contributed by atoms with Crippen LogP contribution in [0.25, 0.3) is 52.8 Å². The Hall–Kier alpha value is -6.26. The van der Waals surface area contributed by atoms with Crippen molar-refractivity contribution in [2.75, 3.05) is 4.90 Å². The van der Waals surface area contributed by atoms with E-state index in [1.54, 1.807) is 0 Å². The zero-order chi connectivity index (χ0) is 37.2. The molecule has 3 heteroatoms. The van der Waals surface area contributed by atoms with Gasteiger partial charge in [-0.25, -0.2) is 0 Å². The van der Waals surface area contributed by atoms with E-state index in [1.165, 1.54) is 103 Å². The van der Waals surface area contributed by atoms with Crippen LogP contribution < -0.4 is 15.3 Å². The van der Waals surface area contributed by atoms with Crippen LogP contribution in [0.1, 0.15) is 22.3 Å². The first-order valence-corrected chi connectivity index (χ1v) is 23.4. The molecule has 2 aliphatic rings. The van der Waals surface area contributed by atoms with Crippen molar-refractivity contribution in [2.24, 2.45) is 0 Å². The molecule has 0 bridgehead atoms. The highest BCUT2D eigenvalue weighted by atomic mass is 32.1. The molecule has 56 heavy (non-hydrogen) atoms. The molecule has 1 spiro atoms. The summed E-state index contributed by atoms with van der Waals surface area (Å²) in [4.78, 5) is 2.52. The van der Waals surface area contributed by atoms with Gasteiger partial charge < -0.3 is 4.90 Å². The number of fused-ring (bicyclic) bond motifs is 12. The monoisotopic (exact) mass is 747 g/mol. The summed E-state index contributed by atoms with van der Waals surface area (Å²) < 4.78 is 2.63. The van der Waals surface area contributed by atoms with Crippen LogP contribution in [0, 0.1) is 0 Å². The molecule has 2 heterocycles. The summed E-state index contributed by atoms with van der Waals surface area (Å²) in [7, 11) is -2.26. The van der Waals surface area contributed by atoms with E-state index in [0.29, 0.717) is 0 Å². The quantitative estimate of drug-likeness (QED) is 0.163. The zero-order valence-electron chi connectivity index (χ0n) is 31.3. The predicted molar refractivity (Wildman–Crippen MR) is 243 cm³/mol. The molecule has 0 amide bonds. The van der Waals surface area contributed by atoms with E-state index in [4.69, 9.17) is 0 Å². The molecule has 1 nitrogen and oxygen atoms in total. The van der Waals surface area contributed by atoms with Gasteiger partial charge in [-0.15, -0.1) is 11.3 Å². The molecule has 1 aliphatic carbocycles. The molecule has 264 valence electrons. The van der Waals surface area contributed by atoms with E-state index in [2.05, 4.69) is 206 Å². The second kappa shape index (κ2) is 11.6. The maximum atomic E-state index is 2.58. The van der Waals surface area contributed by atoms with E-state index >= 15 is 0 Å². The highest BCUT2D eigenvalue weighted by molar-refractivity contribution is 7.25. The van der Waals surface area contributed by atoms with E-state index in [0.717, 1.165) is 0 Å². The lowest BCUT2D eigenvalue weighted by atomic mass is 9.59. The molecule has 0 radical (unpaired) electrons. The van der Waals surface area contributed by atoms with Crippen LogP contribution >= 0.6 is 11.3 Å². The van der Waals surface area contributed by atoms with Gasteiger partial charge in [0.15, 0.2) is 0 Å². The summed E-state index contributed by atoms with van der Waals surface area (Å²) in [5, 5.41) is 10.8. The van der Waals surface area contributed by atoms with Crippen LogP contribution in [0.5, 0.6) is 0 Å². The summed E-state index contributed by atoms with van der Waals surface area (Å²) in [5.74, 6) is 0. The molecular formula is C53H37NSSi. The van der Waals surface area contributed by atoms with Crippen molar-refractivity contribution >= 4 is 88.6 Å². The number of benzene rings is 9. The number of nitrogens with zero attached hydrogens (tertiary/aromatic N) is 1. The van der Waals surface area contributed by atoms with Crippen molar-refractivity contribution in [3.8, 4) is 11.1 Å². The second-order valence-electron chi connectivity index (χ2n) is 16.0. The van der Waals surface area contributed by atoms with Gasteiger partial charge in [0.25, 0.3) is 0 Å². The molecule has 10 aromatic rings. The third-order valence-corrected chi connectivity index (χ3v) is 17.6. The van der Waals surface area contributed by atoms with Gasteiger partial charge in [0, 0.05) is 36.9 Å². The minimum atomic E-state index is -2.26. The van der Waals surface area contributed by atoms with Crippen LogP contribution in [0.2, 0.25) is 13.1 Å². The average molecular weight is 748 g/mol. The summed E-state index contributed by atoms with van der Waals surface area (Å²) in [6, 6.07) is 71.4. The smallest absolute Gasteiger partial charge is 0.113 e. The molecule has 9 aromatic carbocycles. The van der Waals surface area contributed by atoms with Crippen LogP contribution in [0.3, 0.4) is 0 Å². The topological polar surface area (TPSA) is 3.24 Å². The molecule has 0 saturated carbocycles. The van der Waals surface area contributed by atoms with Gasteiger partial charge in [0.1, 0.15) is 8.07 Å². The van der Waals surface area contributed by atoms with Crippen molar-refractivity contribution in [1.29, 1.82) is 0 Å². The minimum absolute atomic E-state index is 0.461. The Balaban J connectivity index is 1.18. The Morgan fingerprint density at radius 2 is 1.04 bits per heavy atom. The largest absolute Gasteiger partial charge is 0.310 e. The molecule has 0 saturated heterocycles. The van der Waals surface area contributed by atoms with Gasteiger partial charge in [-0.3, -0.25) is 0 Å². The molecule has 1 aliphatic heterocycles. The lowest BCUT2D eigenvalue weighted by Crippen LogP contribution is -2.63. The van der Waals surface area contributed by atoms with E-state index in [-0.39, 0.29) is 0 Å².